The highest BCUT2D eigenvalue weighted by atomic mass is 32.1. The van der Waals surface area contributed by atoms with Crippen molar-refractivity contribution in [3.05, 3.63) is 108 Å². The highest BCUT2D eigenvalue weighted by Gasteiger charge is 2.14. The van der Waals surface area contributed by atoms with Gasteiger partial charge in [-0.25, -0.2) is 9.98 Å². The van der Waals surface area contributed by atoms with Crippen molar-refractivity contribution in [3.8, 4) is 21.7 Å². The van der Waals surface area contributed by atoms with Crippen molar-refractivity contribution in [2.75, 3.05) is 0 Å². The minimum Gasteiger partial charge on any atom is -0.227 e. The Morgan fingerprint density at radius 3 is 2.30 bits per heavy atom. The first-order valence-electron chi connectivity index (χ1n) is 9.93. The van der Waals surface area contributed by atoms with Crippen LogP contribution in [0.4, 0.5) is 5.13 Å². The summed E-state index contributed by atoms with van der Waals surface area (Å²) in [6.45, 7) is 2.10. The van der Waals surface area contributed by atoms with Crippen molar-refractivity contribution in [1.82, 2.24) is 4.98 Å². The third-order valence-corrected chi connectivity index (χ3v) is 6.13. The van der Waals surface area contributed by atoms with Crippen molar-refractivity contribution in [2.45, 2.75) is 6.92 Å². The van der Waals surface area contributed by atoms with E-state index in [9.17, 15) is 0 Å². The molecule has 144 valence electrons. The Kier molecular flexibility index (Phi) is 4.96. The van der Waals surface area contributed by atoms with Crippen molar-refractivity contribution >= 4 is 33.5 Å². The van der Waals surface area contributed by atoms with E-state index in [1.807, 2.05) is 12.3 Å². The van der Waals surface area contributed by atoms with Crippen LogP contribution in [-0.2, 0) is 0 Å². The third-order valence-electron chi connectivity index (χ3n) is 5.11. The van der Waals surface area contributed by atoms with Crippen LogP contribution in [0.25, 0.3) is 32.5 Å². The summed E-state index contributed by atoms with van der Waals surface area (Å²) < 4.78 is 0. The molecule has 1 aromatic heterocycles. The summed E-state index contributed by atoms with van der Waals surface area (Å²) in [7, 11) is 0. The van der Waals surface area contributed by atoms with Crippen LogP contribution in [0.1, 0.15) is 11.1 Å². The molecule has 0 aliphatic carbocycles. The molecule has 5 rings (SSSR count). The minimum atomic E-state index is 0.761. The van der Waals surface area contributed by atoms with E-state index < -0.39 is 0 Å². The van der Waals surface area contributed by atoms with Crippen molar-refractivity contribution in [1.29, 1.82) is 0 Å². The first kappa shape index (κ1) is 18.5. The van der Waals surface area contributed by atoms with E-state index in [1.54, 1.807) is 11.3 Å². The molecular formula is C27H20N2S. The molecule has 0 aliphatic rings. The highest BCUT2D eigenvalue weighted by molar-refractivity contribution is 7.19. The molecule has 0 fully saturated rings. The zero-order valence-corrected chi connectivity index (χ0v) is 17.4. The Balaban J connectivity index is 1.59. The fourth-order valence-electron chi connectivity index (χ4n) is 3.54. The van der Waals surface area contributed by atoms with Gasteiger partial charge in [-0.2, -0.15) is 0 Å². The summed E-state index contributed by atoms with van der Waals surface area (Å²) in [5.74, 6) is 0. The van der Waals surface area contributed by atoms with Gasteiger partial charge < -0.3 is 0 Å². The van der Waals surface area contributed by atoms with E-state index in [2.05, 4.69) is 97.9 Å². The normalized spacial score (nSPS) is 11.4. The predicted molar refractivity (Wildman–Crippen MR) is 129 cm³/mol. The largest absolute Gasteiger partial charge is 0.227 e. The van der Waals surface area contributed by atoms with Crippen LogP contribution in [0.2, 0.25) is 0 Å². The topological polar surface area (TPSA) is 25.2 Å². The van der Waals surface area contributed by atoms with Gasteiger partial charge in [0, 0.05) is 17.3 Å². The smallest absolute Gasteiger partial charge is 0.210 e. The molecule has 1 heterocycles. The molecule has 0 saturated carbocycles. The van der Waals surface area contributed by atoms with Crippen LogP contribution in [0.5, 0.6) is 0 Å². The van der Waals surface area contributed by atoms with E-state index in [0.717, 1.165) is 32.4 Å². The molecule has 2 nitrogen and oxygen atoms in total. The lowest BCUT2D eigenvalue weighted by Gasteiger charge is -2.03. The van der Waals surface area contributed by atoms with Gasteiger partial charge in [0.25, 0.3) is 0 Å². The van der Waals surface area contributed by atoms with Crippen LogP contribution in [0, 0.1) is 6.92 Å². The van der Waals surface area contributed by atoms with Gasteiger partial charge in [-0.15, -0.1) is 0 Å². The van der Waals surface area contributed by atoms with Crippen LogP contribution < -0.4 is 0 Å². The molecule has 0 bridgehead atoms. The van der Waals surface area contributed by atoms with Gasteiger partial charge in [-0.1, -0.05) is 114 Å². The maximum absolute atomic E-state index is 4.90. The monoisotopic (exact) mass is 404 g/mol. The average molecular weight is 405 g/mol. The summed E-state index contributed by atoms with van der Waals surface area (Å²) in [5, 5.41) is 3.17. The molecule has 3 heteroatoms. The second kappa shape index (κ2) is 8.05. The van der Waals surface area contributed by atoms with Crippen molar-refractivity contribution < 1.29 is 0 Å². The van der Waals surface area contributed by atoms with Gasteiger partial charge in [0.1, 0.15) is 0 Å². The van der Waals surface area contributed by atoms with E-state index >= 15 is 0 Å². The van der Waals surface area contributed by atoms with Crippen LogP contribution in [-0.4, -0.2) is 11.2 Å². The van der Waals surface area contributed by atoms with Crippen LogP contribution in [0.3, 0.4) is 0 Å². The van der Waals surface area contributed by atoms with Gasteiger partial charge in [-0.05, 0) is 23.3 Å². The molecule has 0 radical (unpaired) electrons. The lowest BCUT2D eigenvalue weighted by molar-refractivity contribution is 1.35. The maximum atomic E-state index is 4.90. The SMILES string of the molecule is Cc1ccc(-c2nc(/N=C/c3cccc4ccccc34)sc2-c2ccccc2)cc1. The number of aromatic nitrogens is 1. The molecule has 0 saturated heterocycles. The number of aryl methyl sites for hydroxylation is 1. The third kappa shape index (κ3) is 3.68. The van der Waals surface area contributed by atoms with Crippen molar-refractivity contribution in [3.63, 3.8) is 0 Å². The Hall–Kier alpha value is -3.56. The maximum Gasteiger partial charge on any atom is 0.210 e. The predicted octanol–water partition coefficient (Wildman–Crippen LogP) is 7.69. The lowest BCUT2D eigenvalue weighted by Crippen LogP contribution is -1.84. The number of hydrogen-bond acceptors (Lipinski definition) is 3. The Morgan fingerprint density at radius 2 is 1.47 bits per heavy atom. The molecule has 5 aromatic rings. The summed E-state index contributed by atoms with van der Waals surface area (Å²) in [5.41, 5.74) is 5.60. The standard InChI is InChI=1S/C27H20N2S/c1-19-14-16-21(17-15-19)25-26(22-9-3-2-4-10-22)30-27(29-25)28-18-23-12-7-11-20-8-5-6-13-24(20)23/h2-18H,1H3/b28-18+. The second-order valence-corrected chi connectivity index (χ2v) is 8.21. The van der Waals surface area contributed by atoms with Gasteiger partial charge in [0.2, 0.25) is 5.13 Å². The summed E-state index contributed by atoms with van der Waals surface area (Å²) in [4.78, 5) is 10.8. The number of fused-ring (bicyclic) bond motifs is 1. The second-order valence-electron chi connectivity index (χ2n) is 7.23. The molecular weight excluding hydrogens is 384 g/mol. The molecule has 0 unspecified atom stereocenters. The Bertz CT molecular complexity index is 1330. The highest BCUT2D eigenvalue weighted by Crippen LogP contribution is 2.40. The van der Waals surface area contributed by atoms with Gasteiger partial charge in [0.05, 0.1) is 10.6 Å². The van der Waals surface area contributed by atoms with Crippen molar-refractivity contribution in [2.24, 2.45) is 4.99 Å². The summed E-state index contributed by atoms with van der Waals surface area (Å²) in [6, 6.07) is 33.6. The number of rotatable bonds is 4. The van der Waals surface area contributed by atoms with E-state index in [1.165, 1.54) is 16.3 Å². The summed E-state index contributed by atoms with van der Waals surface area (Å²) >= 11 is 1.63. The average Bonchev–Trinajstić information content (AvgIpc) is 3.23. The van der Waals surface area contributed by atoms with Gasteiger partial charge in [-0.3, -0.25) is 0 Å². The van der Waals surface area contributed by atoms with Crippen LogP contribution >= 0.6 is 11.3 Å². The Morgan fingerprint density at radius 1 is 0.733 bits per heavy atom. The zero-order chi connectivity index (χ0) is 20.3. The van der Waals surface area contributed by atoms with E-state index in [-0.39, 0.29) is 0 Å². The lowest BCUT2D eigenvalue weighted by atomic mass is 10.1. The molecule has 0 spiro atoms. The van der Waals surface area contributed by atoms with E-state index in [4.69, 9.17) is 9.98 Å². The molecule has 0 aliphatic heterocycles. The summed E-state index contributed by atoms with van der Waals surface area (Å²) in [6.07, 6.45) is 1.93. The number of benzene rings is 4. The fraction of sp³-hybridized carbons (Fsp3) is 0.0370. The number of hydrogen-bond donors (Lipinski definition) is 0. The molecule has 0 N–H and O–H groups in total. The van der Waals surface area contributed by atoms with Crippen LogP contribution in [0.15, 0.2) is 102 Å². The number of thiazole rings is 1. The molecule has 30 heavy (non-hydrogen) atoms. The quantitative estimate of drug-likeness (QED) is 0.282. The first-order valence-corrected chi connectivity index (χ1v) is 10.7. The fourth-order valence-corrected chi connectivity index (χ4v) is 4.48. The Labute approximate surface area is 180 Å². The zero-order valence-electron chi connectivity index (χ0n) is 16.6. The number of aliphatic imine (C=N–C) groups is 1. The van der Waals surface area contributed by atoms with E-state index in [0.29, 0.717) is 0 Å². The molecule has 0 atom stereocenters. The van der Waals surface area contributed by atoms with Gasteiger partial charge in [0.15, 0.2) is 0 Å². The number of nitrogens with zero attached hydrogens (tertiary/aromatic N) is 2. The minimum absolute atomic E-state index is 0.761. The molecule has 0 amide bonds. The molecule has 4 aromatic carbocycles. The first-order chi connectivity index (χ1) is 14.8. The van der Waals surface area contributed by atoms with Gasteiger partial charge >= 0.3 is 0 Å².